The molecule has 0 spiro atoms. The zero-order chi connectivity index (χ0) is 8.97. The maximum Gasteiger partial charge on any atom is 0.0355 e. The molecular weight excluding hydrogens is 146 g/mol. The van der Waals surface area contributed by atoms with E-state index in [0.717, 1.165) is 12.0 Å². The monoisotopic (exact) mass is 161 g/mol. The molecule has 0 aliphatic heterocycles. The van der Waals surface area contributed by atoms with Gasteiger partial charge in [0.25, 0.3) is 0 Å². The molecule has 0 radical (unpaired) electrons. The van der Waals surface area contributed by atoms with E-state index in [2.05, 4.69) is 19.1 Å². The van der Waals surface area contributed by atoms with Crippen LogP contribution in [0.1, 0.15) is 31.4 Å². The minimum absolute atomic E-state index is 0.637. The lowest BCUT2D eigenvalue weighted by Crippen LogP contribution is -1.92. The lowest BCUT2D eigenvalue weighted by molar-refractivity contribution is 0.922. The van der Waals surface area contributed by atoms with Gasteiger partial charge in [-0.3, -0.25) is 0 Å². The second-order valence-electron chi connectivity index (χ2n) is 3.07. The topological polar surface area (TPSA) is 23.9 Å². The molecule has 1 nitrogen and oxygen atoms in total. The van der Waals surface area contributed by atoms with Gasteiger partial charge >= 0.3 is 0 Å². The first-order valence-corrected chi connectivity index (χ1v) is 4.38. The smallest absolute Gasteiger partial charge is 0.0355 e. The average Bonchev–Trinajstić information content (AvgIpc) is 2.06. The summed E-state index contributed by atoms with van der Waals surface area (Å²) in [6, 6.07) is 8.26. The molecule has 0 heterocycles. The van der Waals surface area contributed by atoms with Crippen LogP contribution in [0.3, 0.4) is 0 Å². The van der Waals surface area contributed by atoms with E-state index in [-0.39, 0.29) is 0 Å². The SMILES string of the molecule is CCCc1ccc(C(C)=N)cc1. The van der Waals surface area contributed by atoms with Crippen molar-refractivity contribution in [1.82, 2.24) is 0 Å². The fourth-order valence-corrected chi connectivity index (χ4v) is 1.21. The van der Waals surface area contributed by atoms with Gasteiger partial charge in [-0.05, 0) is 24.5 Å². The van der Waals surface area contributed by atoms with Crippen LogP contribution in [-0.4, -0.2) is 5.71 Å². The highest BCUT2D eigenvalue weighted by Crippen LogP contribution is 2.06. The lowest BCUT2D eigenvalue weighted by Gasteiger charge is -2.00. The molecule has 0 aliphatic rings. The fourth-order valence-electron chi connectivity index (χ4n) is 1.21. The van der Waals surface area contributed by atoms with Gasteiger partial charge in [0.15, 0.2) is 0 Å². The molecule has 1 aromatic rings. The van der Waals surface area contributed by atoms with E-state index in [1.807, 2.05) is 19.1 Å². The lowest BCUT2D eigenvalue weighted by atomic mass is 10.1. The van der Waals surface area contributed by atoms with Crippen LogP contribution < -0.4 is 0 Å². The van der Waals surface area contributed by atoms with Crippen molar-refractivity contribution in [3.8, 4) is 0 Å². The van der Waals surface area contributed by atoms with Gasteiger partial charge in [0.05, 0.1) is 0 Å². The van der Waals surface area contributed by atoms with Crippen molar-refractivity contribution in [3.05, 3.63) is 35.4 Å². The zero-order valence-electron chi connectivity index (χ0n) is 7.72. The van der Waals surface area contributed by atoms with Crippen LogP contribution in [0, 0.1) is 5.41 Å². The molecule has 1 heteroatoms. The highest BCUT2D eigenvalue weighted by molar-refractivity contribution is 5.96. The van der Waals surface area contributed by atoms with Gasteiger partial charge in [-0.15, -0.1) is 0 Å². The first-order chi connectivity index (χ1) is 5.74. The van der Waals surface area contributed by atoms with Crippen molar-refractivity contribution >= 4 is 5.71 Å². The third-order valence-electron chi connectivity index (χ3n) is 1.93. The normalized spacial score (nSPS) is 9.83. The first kappa shape index (κ1) is 8.98. The summed E-state index contributed by atoms with van der Waals surface area (Å²) < 4.78 is 0. The molecule has 0 amide bonds. The van der Waals surface area contributed by atoms with Crippen LogP contribution in [0.5, 0.6) is 0 Å². The van der Waals surface area contributed by atoms with Crippen molar-refractivity contribution in [2.45, 2.75) is 26.7 Å². The largest absolute Gasteiger partial charge is 0.305 e. The zero-order valence-corrected chi connectivity index (χ0v) is 7.72. The van der Waals surface area contributed by atoms with Crippen molar-refractivity contribution in [1.29, 1.82) is 5.41 Å². The van der Waals surface area contributed by atoms with Crippen LogP contribution in [0.15, 0.2) is 24.3 Å². The number of nitrogens with one attached hydrogen (secondary N) is 1. The standard InChI is InChI=1S/C11H15N/c1-3-4-10-5-7-11(8-6-10)9(2)12/h5-8,12H,3-4H2,1-2H3. The number of benzene rings is 1. The molecule has 1 rings (SSSR count). The Kier molecular flexibility index (Phi) is 3.03. The van der Waals surface area contributed by atoms with Gasteiger partial charge in [-0.1, -0.05) is 37.6 Å². The minimum Gasteiger partial charge on any atom is -0.305 e. The fraction of sp³-hybridized carbons (Fsp3) is 0.364. The van der Waals surface area contributed by atoms with Gasteiger partial charge in [0.1, 0.15) is 0 Å². The maximum absolute atomic E-state index is 7.41. The molecule has 0 aliphatic carbocycles. The van der Waals surface area contributed by atoms with E-state index in [0.29, 0.717) is 5.71 Å². The Balaban J connectivity index is 2.78. The summed E-state index contributed by atoms with van der Waals surface area (Å²) in [5, 5.41) is 7.41. The predicted octanol–water partition coefficient (Wildman–Crippen LogP) is 3.03. The molecule has 12 heavy (non-hydrogen) atoms. The Morgan fingerprint density at radius 1 is 1.25 bits per heavy atom. The summed E-state index contributed by atoms with van der Waals surface area (Å²) in [4.78, 5) is 0. The second kappa shape index (κ2) is 4.05. The van der Waals surface area contributed by atoms with Crippen LogP contribution in [0.4, 0.5) is 0 Å². The first-order valence-electron chi connectivity index (χ1n) is 4.38. The van der Waals surface area contributed by atoms with Gasteiger partial charge < -0.3 is 5.41 Å². The maximum atomic E-state index is 7.41. The summed E-state index contributed by atoms with van der Waals surface area (Å²) in [7, 11) is 0. The molecular formula is C11H15N. The van der Waals surface area contributed by atoms with E-state index >= 15 is 0 Å². The summed E-state index contributed by atoms with van der Waals surface area (Å²) in [5.41, 5.74) is 3.02. The van der Waals surface area contributed by atoms with Crippen LogP contribution in [0.2, 0.25) is 0 Å². The average molecular weight is 161 g/mol. The Morgan fingerprint density at radius 3 is 2.25 bits per heavy atom. The van der Waals surface area contributed by atoms with Gasteiger partial charge in [0, 0.05) is 5.71 Å². The Morgan fingerprint density at radius 2 is 1.83 bits per heavy atom. The van der Waals surface area contributed by atoms with Crippen LogP contribution >= 0.6 is 0 Å². The molecule has 0 fully saturated rings. The highest BCUT2D eigenvalue weighted by atomic mass is 14.4. The molecule has 0 atom stereocenters. The van der Waals surface area contributed by atoms with E-state index in [1.54, 1.807) is 0 Å². The number of rotatable bonds is 3. The minimum atomic E-state index is 0.637. The number of hydrogen-bond acceptors (Lipinski definition) is 1. The molecule has 1 N–H and O–H groups in total. The second-order valence-corrected chi connectivity index (χ2v) is 3.07. The summed E-state index contributed by atoms with van der Waals surface area (Å²) in [6.07, 6.45) is 2.32. The summed E-state index contributed by atoms with van der Waals surface area (Å²) >= 11 is 0. The molecule has 64 valence electrons. The van der Waals surface area contributed by atoms with E-state index in [1.165, 1.54) is 12.0 Å². The third kappa shape index (κ3) is 2.19. The molecule has 0 unspecified atom stereocenters. The molecule has 0 saturated heterocycles. The predicted molar refractivity (Wildman–Crippen MR) is 52.9 cm³/mol. The van der Waals surface area contributed by atoms with Crippen molar-refractivity contribution < 1.29 is 0 Å². The molecule has 1 aromatic carbocycles. The van der Waals surface area contributed by atoms with Crippen molar-refractivity contribution in [2.75, 3.05) is 0 Å². The molecule has 0 saturated carbocycles. The number of aryl methyl sites for hydroxylation is 1. The highest BCUT2D eigenvalue weighted by Gasteiger charge is 1.94. The Labute approximate surface area is 73.9 Å². The van der Waals surface area contributed by atoms with Gasteiger partial charge in [-0.2, -0.15) is 0 Å². The van der Waals surface area contributed by atoms with E-state index in [9.17, 15) is 0 Å². The van der Waals surface area contributed by atoms with Crippen molar-refractivity contribution in [3.63, 3.8) is 0 Å². The van der Waals surface area contributed by atoms with Gasteiger partial charge in [-0.25, -0.2) is 0 Å². The number of hydrogen-bond donors (Lipinski definition) is 1. The Bertz CT molecular complexity index is 259. The summed E-state index contributed by atoms with van der Waals surface area (Å²) in [5.74, 6) is 0. The van der Waals surface area contributed by atoms with E-state index < -0.39 is 0 Å². The third-order valence-corrected chi connectivity index (χ3v) is 1.93. The van der Waals surface area contributed by atoms with Gasteiger partial charge in [0.2, 0.25) is 0 Å². The Hall–Kier alpha value is -1.11. The molecule has 0 bridgehead atoms. The van der Waals surface area contributed by atoms with Crippen LogP contribution in [-0.2, 0) is 6.42 Å². The molecule has 0 aromatic heterocycles. The quantitative estimate of drug-likeness (QED) is 0.659. The van der Waals surface area contributed by atoms with E-state index in [4.69, 9.17) is 5.41 Å². The van der Waals surface area contributed by atoms with Crippen molar-refractivity contribution in [2.24, 2.45) is 0 Å². The summed E-state index contributed by atoms with van der Waals surface area (Å²) in [6.45, 7) is 3.99. The van der Waals surface area contributed by atoms with Crippen LogP contribution in [0.25, 0.3) is 0 Å².